The molecule has 1 heterocycles. The van der Waals surface area contributed by atoms with Crippen molar-refractivity contribution in [3.05, 3.63) is 27.7 Å². The van der Waals surface area contributed by atoms with Crippen LogP contribution in [-0.2, 0) is 9.59 Å². The maximum absolute atomic E-state index is 13.1. The van der Waals surface area contributed by atoms with Gasteiger partial charge in [0.15, 0.2) is 0 Å². The van der Waals surface area contributed by atoms with Crippen molar-refractivity contribution < 1.29 is 18.7 Å². The first kappa shape index (κ1) is 24.5. The largest absolute Gasteiger partial charge is 0.369 e. The van der Waals surface area contributed by atoms with Gasteiger partial charge in [-0.15, -0.1) is 0 Å². The molecule has 2 amide bonds. The third-order valence-corrected chi connectivity index (χ3v) is 11.1. The van der Waals surface area contributed by atoms with Gasteiger partial charge in [0, 0.05) is 24.5 Å². The number of carbonyl (C=O) groups excluding carboxylic acids is 2. The van der Waals surface area contributed by atoms with Gasteiger partial charge in [-0.2, -0.15) is 4.31 Å². The first-order valence-electron chi connectivity index (χ1n) is 11.9. The third-order valence-electron chi connectivity index (χ3n) is 8.36. The van der Waals surface area contributed by atoms with Crippen molar-refractivity contribution in [3.63, 3.8) is 0 Å². The van der Waals surface area contributed by atoms with E-state index in [-0.39, 0.29) is 36.2 Å². The zero-order valence-corrected chi connectivity index (χ0v) is 21.5. The molecule has 0 spiro atoms. The molecule has 8 nitrogen and oxygen atoms in total. The van der Waals surface area contributed by atoms with E-state index in [1.54, 1.807) is 12.1 Å². The van der Waals surface area contributed by atoms with Crippen molar-refractivity contribution in [2.75, 3.05) is 23.9 Å². The Bertz CT molecular complexity index is 1010. The van der Waals surface area contributed by atoms with E-state index >= 15 is 0 Å². The van der Waals surface area contributed by atoms with Gasteiger partial charge in [-0.25, -0.2) is 0 Å². The summed E-state index contributed by atoms with van der Waals surface area (Å²) in [6, 6.07) is 3.47. The minimum absolute atomic E-state index is 0.000124. The molecule has 4 saturated carbocycles. The molecule has 1 aromatic rings. The summed E-state index contributed by atoms with van der Waals surface area (Å²) >= 11 is 12.9. The highest BCUT2D eigenvalue weighted by Crippen LogP contribution is 2.60. The van der Waals surface area contributed by atoms with Crippen molar-refractivity contribution >= 4 is 51.7 Å². The third kappa shape index (κ3) is 3.98. The fraction of sp³-hybridized carbons (Fsp3) is 0.652. The number of nitrogens with two attached hydrogens (primary N) is 1. The number of amides is 2. The highest BCUT2D eigenvalue weighted by Gasteiger charge is 2.58. The van der Waals surface area contributed by atoms with Crippen LogP contribution < -0.4 is 15.4 Å². The Kier molecular flexibility index (Phi) is 6.27. The molecule has 2 atom stereocenters. The Morgan fingerprint density at radius 3 is 2.50 bits per heavy atom. The Morgan fingerprint density at radius 2 is 1.85 bits per heavy atom. The van der Waals surface area contributed by atoms with Crippen molar-refractivity contribution in [1.82, 2.24) is 9.62 Å². The number of anilines is 1. The van der Waals surface area contributed by atoms with Crippen LogP contribution in [0.3, 0.4) is 0 Å². The average Bonchev–Trinajstić information content (AvgIpc) is 2.75. The molecular weight excluding hydrogens is 499 g/mol. The SMILES string of the molecule is Cc1ccc(Cl)c(N2CCCN(CC(=O)NC3C4CC5CC3CC(C(N)=O)(C5)C4)S2(O)O)c1Cl. The number of halogens is 2. The minimum Gasteiger partial charge on any atom is -0.369 e. The molecule has 5 fully saturated rings. The van der Waals surface area contributed by atoms with Crippen LogP contribution in [-0.4, -0.2) is 50.9 Å². The van der Waals surface area contributed by atoms with Gasteiger partial charge in [-0.3, -0.25) is 23.0 Å². The lowest BCUT2D eigenvalue weighted by atomic mass is 9.47. The molecule has 188 valence electrons. The topological polar surface area (TPSA) is 119 Å². The lowest BCUT2D eigenvalue weighted by Crippen LogP contribution is -2.62. The van der Waals surface area contributed by atoms with Crippen LogP contribution in [0, 0.1) is 30.1 Å². The fourth-order valence-corrected chi connectivity index (χ4v) is 9.43. The molecule has 1 saturated heterocycles. The molecule has 5 aliphatic rings. The molecule has 6 rings (SSSR count). The second-order valence-corrected chi connectivity index (χ2v) is 13.3. The number of nitrogens with one attached hydrogen (secondary N) is 1. The molecule has 4 bridgehead atoms. The molecule has 1 aromatic carbocycles. The van der Waals surface area contributed by atoms with Crippen molar-refractivity contribution in [2.45, 2.75) is 51.5 Å². The zero-order chi connectivity index (χ0) is 24.4. The van der Waals surface area contributed by atoms with Gasteiger partial charge in [-0.1, -0.05) is 29.3 Å². The van der Waals surface area contributed by atoms with Crippen LogP contribution in [0.5, 0.6) is 0 Å². The Hall–Kier alpha value is -1.23. The highest BCUT2D eigenvalue weighted by atomic mass is 35.5. The first-order chi connectivity index (χ1) is 16.0. The van der Waals surface area contributed by atoms with Crippen LogP contribution in [0.1, 0.15) is 44.1 Å². The molecule has 0 radical (unpaired) electrons. The van der Waals surface area contributed by atoms with Gasteiger partial charge in [-0.05, 0) is 85.8 Å². The first-order valence-corrected chi connectivity index (χ1v) is 14.1. The predicted molar refractivity (Wildman–Crippen MR) is 135 cm³/mol. The zero-order valence-electron chi connectivity index (χ0n) is 19.2. The predicted octanol–water partition coefficient (Wildman–Crippen LogP) is 4.19. The van der Waals surface area contributed by atoms with Gasteiger partial charge in [0.05, 0.1) is 22.3 Å². The average molecular weight is 532 g/mol. The second kappa shape index (κ2) is 8.71. The summed E-state index contributed by atoms with van der Waals surface area (Å²) in [5.74, 6) is 0.544. The Balaban J connectivity index is 1.29. The van der Waals surface area contributed by atoms with Crippen LogP contribution in [0.4, 0.5) is 5.69 Å². The number of benzene rings is 1. The Labute approximate surface area is 211 Å². The normalized spacial score (nSPS) is 35.3. The van der Waals surface area contributed by atoms with Gasteiger partial charge in [0.2, 0.25) is 11.8 Å². The molecule has 1 aliphatic heterocycles. The van der Waals surface area contributed by atoms with Gasteiger partial charge < -0.3 is 11.1 Å². The number of hydrogen-bond donors (Lipinski definition) is 4. The molecule has 2 unspecified atom stereocenters. The molecule has 5 N–H and O–H groups in total. The molecule has 11 heteroatoms. The summed E-state index contributed by atoms with van der Waals surface area (Å²) in [5.41, 5.74) is 6.52. The number of rotatable bonds is 5. The van der Waals surface area contributed by atoms with Gasteiger partial charge >= 0.3 is 0 Å². The van der Waals surface area contributed by atoms with E-state index in [0.29, 0.717) is 41.2 Å². The number of carbonyl (C=O) groups is 2. The monoisotopic (exact) mass is 530 g/mol. The number of hydrogen-bond acceptors (Lipinski definition) is 6. The summed E-state index contributed by atoms with van der Waals surface area (Å²) in [6.07, 6.45) is 4.99. The van der Waals surface area contributed by atoms with E-state index in [4.69, 9.17) is 28.9 Å². The molecule has 4 aliphatic carbocycles. The van der Waals surface area contributed by atoms with E-state index in [2.05, 4.69) is 5.32 Å². The number of primary amides is 1. The fourth-order valence-electron chi connectivity index (χ4n) is 7.00. The molecule has 34 heavy (non-hydrogen) atoms. The number of aryl methyl sites for hydroxylation is 1. The lowest BCUT2D eigenvalue weighted by Gasteiger charge is -2.59. The Morgan fingerprint density at radius 1 is 1.18 bits per heavy atom. The minimum atomic E-state index is -3.48. The summed E-state index contributed by atoms with van der Waals surface area (Å²) in [6.45, 7) is 2.43. The van der Waals surface area contributed by atoms with E-state index in [0.717, 1.165) is 37.7 Å². The maximum atomic E-state index is 13.1. The summed E-state index contributed by atoms with van der Waals surface area (Å²) < 4.78 is 25.2. The highest BCUT2D eigenvalue weighted by molar-refractivity contribution is 8.23. The standard InChI is InChI=1S/C23H32Cl2N4O4S/c1-13-3-4-17(24)21(19(13)25)29-6-2-5-28(34(29,32)33)12-18(30)27-20-15-7-14-8-16(20)11-23(9-14,10-15)22(26)31/h3-4,14-16,20,32-33H,2,5-12H2,1H3,(H2,26,31)(H,27,30). The second-order valence-electron chi connectivity index (χ2n) is 10.5. The van der Waals surface area contributed by atoms with Crippen LogP contribution in [0.15, 0.2) is 12.1 Å². The van der Waals surface area contributed by atoms with E-state index in [1.165, 1.54) is 8.61 Å². The van der Waals surface area contributed by atoms with Crippen molar-refractivity contribution in [1.29, 1.82) is 0 Å². The smallest absolute Gasteiger partial charge is 0.236 e. The van der Waals surface area contributed by atoms with Crippen LogP contribution >= 0.6 is 34.2 Å². The molecular formula is C23H32Cl2N4O4S. The number of nitrogens with zero attached hydrogens (tertiary/aromatic N) is 2. The van der Waals surface area contributed by atoms with E-state index in [1.807, 2.05) is 6.92 Å². The van der Waals surface area contributed by atoms with E-state index in [9.17, 15) is 18.7 Å². The molecule has 0 aromatic heterocycles. The van der Waals surface area contributed by atoms with Gasteiger partial charge in [0.25, 0.3) is 0 Å². The quantitative estimate of drug-likeness (QED) is 0.453. The summed E-state index contributed by atoms with van der Waals surface area (Å²) in [7, 11) is -3.48. The van der Waals surface area contributed by atoms with Crippen molar-refractivity contribution in [2.24, 2.45) is 28.9 Å². The summed E-state index contributed by atoms with van der Waals surface area (Å²) in [4.78, 5) is 25.3. The van der Waals surface area contributed by atoms with Crippen LogP contribution in [0.25, 0.3) is 0 Å². The van der Waals surface area contributed by atoms with Crippen molar-refractivity contribution in [3.8, 4) is 0 Å². The maximum Gasteiger partial charge on any atom is 0.236 e. The van der Waals surface area contributed by atoms with Crippen LogP contribution in [0.2, 0.25) is 10.0 Å². The summed E-state index contributed by atoms with van der Waals surface area (Å²) in [5, 5.41) is 3.88. The lowest BCUT2D eigenvalue weighted by molar-refractivity contribution is -0.147. The van der Waals surface area contributed by atoms with Gasteiger partial charge in [0.1, 0.15) is 0 Å². The van der Waals surface area contributed by atoms with E-state index < -0.39 is 16.4 Å².